The van der Waals surface area contributed by atoms with Gasteiger partial charge in [-0.15, -0.1) is 0 Å². The second-order valence-electron chi connectivity index (χ2n) is 35.0. The molecule has 28 nitrogen and oxygen atoms in total. The van der Waals surface area contributed by atoms with Gasteiger partial charge >= 0.3 is 0 Å². The van der Waals surface area contributed by atoms with E-state index in [9.17, 15) is 17.6 Å². The SMILES string of the molecule is CCCN1C[C@H]2COc3ccc(F)c(c3)-c3cnn4ccc(nc34)NCCN2C[C@H]1C.CCN1C[C@H]2COc3ccc(F)c(c3)-c3cnn4ccc(nc34)NCCN2C[C@H]1C.C[C@@H]1CN2CCNc3ccn4ncc(c4n3)-c3cc(ccc3F)OC[C@@H]2CN1C1CC1.C[C@@H]1CN2CCNc3ccn4ncc(c4n3)-c3cc(ccc3F)OC[C@@H]2CN1CC1CC1. The van der Waals surface area contributed by atoms with Crippen molar-refractivity contribution in [1.82, 2.24) is 97.6 Å². The first-order valence-corrected chi connectivity index (χ1v) is 44.5. The summed E-state index contributed by atoms with van der Waals surface area (Å²) in [5, 5.41) is 31.1. The van der Waals surface area contributed by atoms with E-state index in [0.717, 1.165) is 159 Å². The third-order valence-corrected chi connectivity index (χ3v) is 26.4. The minimum atomic E-state index is -0.310. The summed E-state index contributed by atoms with van der Waals surface area (Å²) < 4.78 is 90.5. The molecule has 0 unspecified atom stereocenters. The predicted octanol–water partition coefficient (Wildman–Crippen LogP) is 11.9. The zero-order chi connectivity index (χ0) is 84.6. The van der Waals surface area contributed by atoms with Gasteiger partial charge in [0.15, 0.2) is 22.6 Å². The number of benzene rings is 4. The number of piperazine rings is 4. The molecule has 8 aliphatic heterocycles. The van der Waals surface area contributed by atoms with Gasteiger partial charge in [0.2, 0.25) is 0 Å². The normalized spacial score (nSPS) is 23.8. The fraction of sp³-hybridized carbons (Fsp3) is 0.478. The molecule has 4 N–H and O–H groups in total. The van der Waals surface area contributed by atoms with E-state index in [2.05, 4.69) is 122 Å². The highest BCUT2D eigenvalue weighted by Gasteiger charge is 2.41. The van der Waals surface area contributed by atoms with Gasteiger partial charge in [-0.3, -0.25) is 39.2 Å². The third-order valence-electron chi connectivity index (χ3n) is 26.4. The molecular weight excluding hydrogens is 1580 g/mol. The van der Waals surface area contributed by atoms with E-state index in [4.69, 9.17) is 38.9 Å². The van der Waals surface area contributed by atoms with Crippen molar-refractivity contribution in [1.29, 1.82) is 0 Å². The zero-order valence-electron chi connectivity index (χ0n) is 71.5. The van der Waals surface area contributed by atoms with Gasteiger partial charge < -0.3 is 40.2 Å². The van der Waals surface area contributed by atoms with Crippen LogP contribution in [0.2, 0.25) is 0 Å². The predicted molar refractivity (Wildman–Crippen MR) is 472 cm³/mol. The summed E-state index contributed by atoms with van der Waals surface area (Å²) in [6.07, 6.45) is 20.6. The first-order chi connectivity index (χ1) is 60.5. The quantitative estimate of drug-likeness (QED) is 0.113. The average Bonchev–Trinajstić information content (AvgIpc) is 1.63. The molecule has 12 aromatic rings. The maximum Gasteiger partial charge on any atom is 0.165 e. The van der Waals surface area contributed by atoms with Crippen LogP contribution in [0.15, 0.2) is 147 Å². The summed E-state index contributed by atoms with van der Waals surface area (Å²) in [5.41, 5.74) is 6.97. The van der Waals surface area contributed by atoms with Crippen molar-refractivity contribution in [3.63, 3.8) is 0 Å². The number of hydrogen-bond donors (Lipinski definition) is 4. The van der Waals surface area contributed by atoms with Crippen LogP contribution in [0.4, 0.5) is 40.8 Å². The number of hydrogen-bond acceptors (Lipinski definition) is 24. The van der Waals surface area contributed by atoms with E-state index >= 15 is 0 Å². The average molecular weight is 1690 g/mol. The molecule has 0 spiro atoms. The van der Waals surface area contributed by atoms with Crippen molar-refractivity contribution in [3.8, 4) is 67.5 Å². The monoisotopic (exact) mass is 1690 g/mol. The second-order valence-corrected chi connectivity index (χ2v) is 35.0. The van der Waals surface area contributed by atoms with Gasteiger partial charge in [0, 0.05) is 211 Å². The lowest BCUT2D eigenvalue weighted by atomic mass is 10.1. The van der Waals surface area contributed by atoms with Gasteiger partial charge in [-0.05, 0) is 176 Å². The number of fused-ring (bicyclic) bond motifs is 20. The fourth-order valence-corrected chi connectivity index (χ4v) is 19.1. The van der Waals surface area contributed by atoms with Crippen LogP contribution >= 0.6 is 0 Å². The Morgan fingerprint density at radius 1 is 0.347 bits per heavy atom. The Labute approximate surface area is 719 Å². The van der Waals surface area contributed by atoms with E-state index in [-0.39, 0.29) is 35.4 Å². The van der Waals surface area contributed by atoms with Gasteiger partial charge in [-0.1, -0.05) is 13.8 Å². The molecule has 2 aliphatic carbocycles. The van der Waals surface area contributed by atoms with Crippen LogP contribution in [0, 0.1) is 29.2 Å². The standard InChI is InChI=1S/C24H29FN6O.C23H27FN6O.C23H29FN6O.C22H27FN6O/c1-16-12-29-9-7-26-23-6-8-31-24(28-23)21(11-27-31)20-10-19(4-5-22(20)25)32-15-18(29)14-30(16)13-17-2-3-17;1-15-12-28-9-7-25-22-6-8-30-23(27-22)20(11-26-30)19-10-18(4-5-21(19)24)31-14-17(28)13-29(15)16-2-3-16;1-3-8-28-14-17-15-31-18-4-5-21(24)19(11-18)20-12-26-30-9-6-22(27-23(20)30)25-7-10-29(17)13-16(28)2;1-3-27-13-16-14-30-17-4-5-20(23)18(10-17)19-11-25-29-8-6-21(26-22(19)29)24-7-9-28(16)12-15(27)2/h4-6,8,10-11,16-18H,2-3,7,9,12-15H2,1H3,(H,26,28);4-6,8,10-11,15-17H,2-3,7,9,12-14H2,1H3,(H,25,27);4-6,9,11-12,16-17H,3,7-8,10,13-15H2,1-2H3,(H,25,27);4-6,8,10-11,15-16H,3,7,9,12-14H2,1-2H3,(H,24,26)/t16-,18+;15-,17+;16-,17+;15-,16+/m1111/s1. The third kappa shape index (κ3) is 18.2. The lowest BCUT2D eigenvalue weighted by molar-refractivity contribution is 0.0125. The van der Waals surface area contributed by atoms with E-state index in [0.29, 0.717) is 153 Å². The van der Waals surface area contributed by atoms with Gasteiger partial charge in [-0.25, -0.2) is 55.6 Å². The Kier molecular flexibility index (Phi) is 24.3. The van der Waals surface area contributed by atoms with Crippen LogP contribution in [0.25, 0.3) is 67.1 Å². The molecule has 652 valence electrons. The van der Waals surface area contributed by atoms with E-state index in [1.54, 1.807) is 91.4 Å². The van der Waals surface area contributed by atoms with E-state index < -0.39 is 0 Å². The Morgan fingerprint density at radius 3 is 0.992 bits per heavy atom. The maximum absolute atomic E-state index is 14.8. The highest BCUT2D eigenvalue weighted by Crippen LogP contribution is 2.39. The van der Waals surface area contributed by atoms with Crippen molar-refractivity contribution in [2.24, 2.45) is 5.92 Å². The number of rotatable bonds is 6. The zero-order valence-corrected chi connectivity index (χ0v) is 71.5. The molecular formula is C92H112F4N24O4. The Morgan fingerprint density at radius 2 is 0.661 bits per heavy atom. The van der Waals surface area contributed by atoms with Crippen LogP contribution < -0.4 is 40.2 Å². The van der Waals surface area contributed by atoms with Crippen molar-refractivity contribution >= 4 is 45.9 Å². The van der Waals surface area contributed by atoms with E-state index in [1.165, 1.54) is 56.5 Å². The van der Waals surface area contributed by atoms with Crippen molar-refractivity contribution in [3.05, 3.63) is 170 Å². The molecule has 32 heteroatoms. The second kappa shape index (κ2) is 36.4. The Bertz CT molecular complexity index is 5740. The van der Waals surface area contributed by atoms with Gasteiger partial charge in [-0.2, -0.15) is 20.4 Å². The minimum absolute atomic E-state index is 0.279. The Hall–Kier alpha value is -10.8. The van der Waals surface area contributed by atoms with E-state index in [1.807, 2.05) is 49.1 Å². The molecule has 0 amide bonds. The number of aromatic nitrogens is 12. The summed E-state index contributed by atoms with van der Waals surface area (Å²) >= 11 is 0. The topological polar surface area (TPSA) is 232 Å². The highest BCUT2D eigenvalue weighted by atomic mass is 19.1. The Balaban J connectivity index is 0.000000108. The van der Waals surface area contributed by atoms with Crippen LogP contribution in [0.1, 0.15) is 73.6 Å². The van der Waals surface area contributed by atoms with Crippen molar-refractivity contribution in [2.45, 2.75) is 128 Å². The summed E-state index contributed by atoms with van der Waals surface area (Å²) in [4.78, 5) is 39.2. The van der Waals surface area contributed by atoms with Gasteiger partial charge in [0.25, 0.3) is 0 Å². The molecule has 4 aromatic carbocycles. The van der Waals surface area contributed by atoms with Crippen LogP contribution in [0.3, 0.4) is 0 Å². The molecule has 22 rings (SSSR count). The molecule has 4 saturated heterocycles. The molecule has 124 heavy (non-hydrogen) atoms. The summed E-state index contributed by atoms with van der Waals surface area (Å²) in [6, 6.07) is 31.4. The first kappa shape index (κ1) is 82.7. The highest BCUT2D eigenvalue weighted by molar-refractivity contribution is 5.82. The summed E-state index contributed by atoms with van der Waals surface area (Å²) in [7, 11) is 0. The van der Waals surface area contributed by atoms with Crippen LogP contribution in [0.5, 0.6) is 23.0 Å². The fourth-order valence-electron chi connectivity index (χ4n) is 19.1. The minimum Gasteiger partial charge on any atom is -0.492 e. The number of nitrogens with zero attached hydrogens (tertiary/aromatic N) is 20. The molecule has 16 heterocycles. The van der Waals surface area contributed by atoms with Gasteiger partial charge in [0.05, 0.1) is 49.0 Å². The lowest BCUT2D eigenvalue weighted by Crippen LogP contribution is -2.60. The van der Waals surface area contributed by atoms with Crippen LogP contribution in [-0.4, -0.2) is 303 Å². The molecule has 10 aliphatic rings. The summed E-state index contributed by atoms with van der Waals surface area (Å²) in [6.45, 7) is 34.1. The molecule has 16 bridgehead atoms. The number of halogens is 4. The molecule has 2 saturated carbocycles. The lowest BCUT2D eigenvalue weighted by Gasteiger charge is -2.45. The molecule has 0 radical (unpaired) electrons. The van der Waals surface area contributed by atoms with Gasteiger partial charge in [0.1, 0.15) is 96.0 Å². The molecule has 8 aromatic heterocycles. The largest absolute Gasteiger partial charge is 0.492 e. The smallest absolute Gasteiger partial charge is 0.165 e. The number of likely N-dealkylation sites (N-methyl/N-ethyl adjacent to an activating group) is 1. The number of nitrogens with one attached hydrogen (secondary N) is 4. The maximum atomic E-state index is 14.8. The first-order valence-electron chi connectivity index (χ1n) is 44.5. The molecule has 8 atom stereocenters. The summed E-state index contributed by atoms with van der Waals surface area (Å²) in [5.74, 6) is 5.44. The number of anilines is 4. The van der Waals surface area contributed by atoms with Crippen molar-refractivity contribution in [2.75, 3.05) is 172 Å². The van der Waals surface area contributed by atoms with Crippen molar-refractivity contribution < 1.29 is 36.5 Å². The van der Waals surface area contributed by atoms with Crippen LogP contribution in [-0.2, 0) is 0 Å². The molecule has 6 fully saturated rings. The number of ether oxygens (including phenoxy) is 4.